The van der Waals surface area contributed by atoms with Gasteiger partial charge in [-0.15, -0.1) is 23.1 Å². The minimum absolute atomic E-state index is 0.00914. The molecular formula is C28H29N3O3S2. The van der Waals surface area contributed by atoms with Gasteiger partial charge < -0.3 is 9.80 Å². The summed E-state index contributed by atoms with van der Waals surface area (Å²) >= 11 is 2.93. The van der Waals surface area contributed by atoms with Crippen LogP contribution in [0.3, 0.4) is 0 Å². The van der Waals surface area contributed by atoms with Gasteiger partial charge in [0, 0.05) is 30.3 Å². The van der Waals surface area contributed by atoms with Crippen molar-refractivity contribution in [2.24, 2.45) is 0 Å². The number of rotatable bonds is 8. The lowest BCUT2D eigenvalue weighted by atomic mass is 10.1. The second-order valence-corrected chi connectivity index (χ2v) is 11.2. The molecule has 3 atom stereocenters. The van der Waals surface area contributed by atoms with Gasteiger partial charge in [0.15, 0.2) is 5.01 Å². The van der Waals surface area contributed by atoms with Gasteiger partial charge in [-0.05, 0) is 36.8 Å². The highest BCUT2D eigenvalue weighted by Crippen LogP contribution is 2.43. The Morgan fingerprint density at radius 1 is 0.972 bits per heavy atom. The van der Waals surface area contributed by atoms with Crippen LogP contribution in [0.4, 0.5) is 0 Å². The number of Topliss-reactive ketones (excluding diaryl/α,β-unsaturated/α-hetero) is 1. The fourth-order valence-electron chi connectivity index (χ4n) is 5.08. The molecule has 36 heavy (non-hydrogen) atoms. The highest BCUT2D eigenvalue weighted by atomic mass is 32.2. The van der Waals surface area contributed by atoms with Gasteiger partial charge in [-0.2, -0.15) is 0 Å². The molecule has 2 amide bonds. The average molecular weight is 520 g/mol. The second kappa shape index (κ2) is 11.4. The predicted octanol–water partition coefficient (Wildman–Crippen LogP) is 4.98. The number of ketones is 1. The van der Waals surface area contributed by atoms with Gasteiger partial charge in [0.25, 0.3) is 0 Å². The van der Waals surface area contributed by atoms with Gasteiger partial charge in [-0.25, -0.2) is 4.98 Å². The molecule has 8 heteroatoms. The topological polar surface area (TPSA) is 70.6 Å². The highest BCUT2D eigenvalue weighted by molar-refractivity contribution is 7.99. The lowest BCUT2D eigenvalue weighted by Crippen LogP contribution is -2.52. The van der Waals surface area contributed by atoms with Crippen LogP contribution in [0.5, 0.6) is 0 Å². The first-order valence-electron chi connectivity index (χ1n) is 12.4. The third-order valence-corrected chi connectivity index (χ3v) is 8.95. The molecule has 2 fully saturated rings. The van der Waals surface area contributed by atoms with Crippen LogP contribution in [0.2, 0.25) is 0 Å². The zero-order valence-corrected chi connectivity index (χ0v) is 21.6. The van der Waals surface area contributed by atoms with Crippen LogP contribution in [0, 0.1) is 0 Å². The summed E-state index contributed by atoms with van der Waals surface area (Å²) in [5.41, 5.74) is 2.22. The van der Waals surface area contributed by atoms with Crippen molar-refractivity contribution in [1.29, 1.82) is 0 Å². The monoisotopic (exact) mass is 519 g/mol. The summed E-state index contributed by atoms with van der Waals surface area (Å²) in [5, 5.41) is 2.01. The Hall–Kier alpha value is -2.97. The Kier molecular flexibility index (Phi) is 7.82. The fourth-order valence-corrected chi connectivity index (χ4v) is 7.14. The Bertz CT molecular complexity index is 1190. The van der Waals surface area contributed by atoms with E-state index in [4.69, 9.17) is 0 Å². The van der Waals surface area contributed by atoms with E-state index >= 15 is 0 Å². The molecule has 2 aliphatic heterocycles. The van der Waals surface area contributed by atoms with E-state index in [2.05, 4.69) is 17.1 Å². The first kappa shape index (κ1) is 24.7. The minimum atomic E-state index is -0.575. The van der Waals surface area contributed by atoms with Gasteiger partial charge in [-0.3, -0.25) is 14.4 Å². The van der Waals surface area contributed by atoms with E-state index < -0.39 is 12.1 Å². The highest BCUT2D eigenvalue weighted by Gasteiger charge is 2.46. The standard InChI is InChI=1S/C28H29N3O3S2/c32-24(15-7-11-20-9-3-1-4-10-20)31-23(19-36-28(31)21-12-5-2-6-13-21)27(34)30-17-8-14-22(30)25(33)26-29-16-18-35-26/h1-6,9-10,12-13,16,18,22-23,28H,7-8,11,14-15,17,19H2/t22-,23-,28-/m0/s1. The SMILES string of the molecule is O=C(c1nccs1)[C@@H]1CCCN1C(=O)[C@@H]1CS[C@@H](c2ccccc2)N1C(=O)CCCc1ccccc1. The number of amides is 2. The lowest BCUT2D eigenvalue weighted by Gasteiger charge is -2.33. The van der Waals surface area contributed by atoms with Crippen LogP contribution in [0.25, 0.3) is 0 Å². The molecule has 5 rings (SSSR count). The predicted molar refractivity (Wildman–Crippen MR) is 143 cm³/mol. The number of carbonyl (C=O) groups is 3. The Morgan fingerprint density at radius 2 is 1.72 bits per heavy atom. The molecule has 0 aliphatic carbocycles. The number of thiazole rings is 1. The van der Waals surface area contributed by atoms with Crippen molar-refractivity contribution in [2.45, 2.75) is 49.6 Å². The van der Waals surface area contributed by atoms with E-state index in [1.54, 1.807) is 33.1 Å². The van der Waals surface area contributed by atoms with Crippen LogP contribution >= 0.6 is 23.1 Å². The molecule has 0 bridgehead atoms. The van der Waals surface area contributed by atoms with Crippen molar-refractivity contribution in [2.75, 3.05) is 12.3 Å². The third-order valence-electron chi connectivity index (χ3n) is 6.84. The number of hydrogen-bond donors (Lipinski definition) is 0. The molecule has 0 spiro atoms. The number of hydrogen-bond acceptors (Lipinski definition) is 6. The number of benzene rings is 2. The number of likely N-dealkylation sites (tertiary alicyclic amines) is 1. The molecule has 6 nitrogen and oxygen atoms in total. The molecule has 3 aromatic rings. The van der Waals surface area contributed by atoms with Crippen molar-refractivity contribution in [3.8, 4) is 0 Å². The van der Waals surface area contributed by atoms with Gasteiger partial charge in [-0.1, -0.05) is 60.7 Å². The van der Waals surface area contributed by atoms with E-state index in [-0.39, 0.29) is 23.0 Å². The van der Waals surface area contributed by atoms with E-state index in [0.717, 1.165) is 24.8 Å². The van der Waals surface area contributed by atoms with Crippen LogP contribution in [0.1, 0.15) is 52.0 Å². The summed E-state index contributed by atoms with van der Waals surface area (Å²) in [6.45, 7) is 0.536. The smallest absolute Gasteiger partial charge is 0.246 e. The molecule has 0 N–H and O–H groups in total. The molecule has 186 valence electrons. The average Bonchev–Trinajstić information content (AvgIpc) is 3.70. The second-order valence-electron chi connectivity index (χ2n) is 9.14. The van der Waals surface area contributed by atoms with Gasteiger partial charge in [0.2, 0.25) is 17.6 Å². The number of thioether (sulfide) groups is 1. The molecule has 2 aromatic carbocycles. The first-order chi connectivity index (χ1) is 17.6. The van der Waals surface area contributed by atoms with Crippen molar-refractivity contribution >= 4 is 40.7 Å². The number of aryl methyl sites for hydroxylation is 1. The van der Waals surface area contributed by atoms with Crippen LogP contribution in [-0.2, 0) is 16.0 Å². The summed E-state index contributed by atoms with van der Waals surface area (Å²) in [7, 11) is 0. The molecule has 2 saturated heterocycles. The van der Waals surface area contributed by atoms with E-state index in [1.165, 1.54) is 16.9 Å². The maximum absolute atomic E-state index is 13.9. The summed E-state index contributed by atoms with van der Waals surface area (Å²) in [4.78, 5) is 48.2. The number of nitrogens with zero attached hydrogens (tertiary/aromatic N) is 3. The summed E-state index contributed by atoms with van der Waals surface area (Å²) in [6.07, 6.45) is 4.95. The van der Waals surface area contributed by atoms with Crippen molar-refractivity contribution in [1.82, 2.24) is 14.8 Å². The molecule has 1 aromatic heterocycles. The van der Waals surface area contributed by atoms with Crippen molar-refractivity contribution < 1.29 is 14.4 Å². The lowest BCUT2D eigenvalue weighted by molar-refractivity contribution is -0.145. The largest absolute Gasteiger partial charge is 0.330 e. The Balaban J connectivity index is 1.34. The molecule has 0 radical (unpaired) electrons. The summed E-state index contributed by atoms with van der Waals surface area (Å²) < 4.78 is 0. The van der Waals surface area contributed by atoms with Crippen LogP contribution < -0.4 is 0 Å². The van der Waals surface area contributed by atoms with Gasteiger partial charge in [0.1, 0.15) is 11.4 Å². The number of carbonyl (C=O) groups excluding carboxylic acids is 3. The summed E-state index contributed by atoms with van der Waals surface area (Å²) in [6, 6.07) is 19.0. The van der Waals surface area contributed by atoms with Gasteiger partial charge >= 0.3 is 0 Å². The molecule has 3 heterocycles. The Labute approximate surface area is 219 Å². The summed E-state index contributed by atoms with van der Waals surface area (Å²) in [5.74, 6) is 0.300. The maximum atomic E-state index is 13.9. The third kappa shape index (κ3) is 5.25. The molecule has 0 unspecified atom stereocenters. The minimum Gasteiger partial charge on any atom is -0.330 e. The molecule has 2 aliphatic rings. The maximum Gasteiger partial charge on any atom is 0.246 e. The molecular weight excluding hydrogens is 490 g/mol. The van der Waals surface area contributed by atoms with E-state index in [9.17, 15) is 14.4 Å². The Morgan fingerprint density at radius 3 is 2.44 bits per heavy atom. The number of aromatic nitrogens is 1. The van der Waals surface area contributed by atoms with Crippen molar-refractivity contribution in [3.05, 3.63) is 88.4 Å². The zero-order valence-electron chi connectivity index (χ0n) is 20.0. The van der Waals surface area contributed by atoms with Crippen molar-refractivity contribution in [3.63, 3.8) is 0 Å². The fraction of sp³-hybridized carbons (Fsp3) is 0.357. The normalized spacial score (nSPS) is 21.6. The first-order valence-corrected chi connectivity index (χ1v) is 14.3. The van der Waals surface area contributed by atoms with E-state index in [1.807, 2.05) is 48.5 Å². The van der Waals surface area contributed by atoms with Crippen LogP contribution in [-0.4, -0.2) is 56.8 Å². The van der Waals surface area contributed by atoms with Crippen LogP contribution in [0.15, 0.2) is 72.2 Å². The molecule has 0 saturated carbocycles. The van der Waals surface area contributed by atoms with E-state index in [0.29, 0.717) is 30.1 Å². The quantitative estimate of drug-likeness (QED) is 0.393. The van der Waals surface area contributed by atoms with Gasteiger partial charge in [0.05, 0.1) is 6.04 Å². The zero-order chi connectivity index (χ0) is 24.9.